The van der Waals surface area contributed by atoms with Gasteiger partial charge in [-0.3, -0.25) is 0 Å². The lowest BCUT2D eigenvalue weighted by Gasteiger charge is -2.15. The van der Waals surface area contributed by atoms with Crippen molar-refractivity contribution in [2.24, 2.45) is 5.73 Å². The van der Waals surface area contributed by atoms with Crippen molar-refractivity contribution >= 4 is 11.6 Å². The minimum Gasteiger partial charge on any atom is -0.381 e. The third-order valence-corrected chi connectivity index (χ3v) is 2.84. The molecule has 0 heterocycles. The van der Waals surface area contributed by atoms with Crippen molar-refractivity contribution in [1.82, 2.24) is 0 Å². The second kappa shape index (κ2) is 7.66. The van der Waals surface area contributed by atoms with E-state index in [1.54, 1.807) is 0 Å². The average Bonchev–Trinajstić information content (AvgIpc) is 2.31. The number of benzene rings is 1. The van der Waals surface area contributed by atoms with Gasteiger partial charge in [0.25, 0.3) is 0 Å². The number of hydrogen-bond acceptors (Lipinski definition) is 2. The molecule has 0 bridgehead atoms. The molecule has 1 aromatic rings. The highest BCUT2D eigenvalue weighted by molar-refractivity contribution is 6.30. The van der Waals surface area contributed by atoms with E-state index in [0.717, 1.165) is 31.1 Å². The van der Waals surface area contributed by atoms with Gasteiger partial charge in [0, 0.05) is 18.2 Å². The van der Waals surface area contributed by atoms with Crippen molar-refractivity contribution < 1.29 is 4.74 Å². The summed E-state index contributed by atoms with van der Waals surface area (Å²) in [5.41, 5.74) is 7.01. The summed E-state index contributed by atoms with van der Waals surface area (Å²) >= 11 is 5.85. The number of ether oxygens (including phenoxy) is 1. The van der Waals surface area contributed by atoms with E-state index in [-0.39, 0.29) is 0 Å². The highest BCUT2D eigenvalue weighted by Crippen LogP contribution is 2.20. The Kier molecular flexibility index (Phi) is 6.46. The van der Waals surface area contributed by atoms with Crippen molar-refractivity contribution in [3.63, 3.8) is 0 Å². The van der Waals surface area contributed by atoms with Gasteiger partial charge in [-0.2, -0.15) is 0 Å². The molecule has 0 amide bonds. The molecule has 2 N–H and O–H groups in total. The lowest BCUT2D eigenvalue weighted by atomic mass is 9.96. The van der Waals surface area contributed by atoms with Crippen LogP contribution in [0.1, 0.15) is 31.2 Å². The van der Waals surface area contributed by atoms with Crippen LogP contribution in [0.2, 0.25) is 5.02 Å². The Labute approximate surface area is 103 Å². The van der Waals surface area contributed by atoms with Crippen LogP contribution in [0.4, 0.5) is 0 Å². The highest BCUT2D eigenvalue weighted by atomic mass is 35.5. The number of rotatable bonds is 7. The van der Waals surface area contributed by atoms with Gasteiger partial charge in [0.1, 0.15) is 0 Å². The zero-order valence-electron chi connectivity index (χ0n) is 9.79. The first kappa shape index (κ1) is 13.5. The van der Waals surface area contributed by atoms with E-state index in [1.807, 2.05) is 24.3 Å². The van der Waals surface area contributed by atoms with Crippen molar-refractivity contribution in [3.05, 3.63) is 34.9 Å². The summed E-state index contributed by atoms with van der Waals surface area (Å²) in [6, 6.07) is 7.90. The summed E-state index contributed by atoms with van der Waals surface area (Å²) < 4.78 is 5.48. The summed E-state index contributed by atoms with van der Waals surface area (Å²) in [5.74, 6) is 0.370. The summed E-state index contributed by atoms with van der Waals surface area (Å²) in [5, 5.41) is 0.766. The molecule has 0 radical (unpaired) electrons. The fourth-order valence-electron chi connectivity index (χ4n) is 1.63. The molecule has 0 spiro atoms. The maximum atomic E-state index is 5.85. The molecule has 1 atom stereocenters. The number of halogens is 1. The molecule has 16 heavy (non-hydrogen) atoms. The van der Waals surface area contributed by atoms with E-state index in [1.165, 1.54) is 5.56 Å². The molecule has 0 aliphatic heterocycles. The van der Waals surface area contributed by atoms with Crippen LogP contribution >= 0.6 is 11.6 Å². The second-order valence-electron chi connectivity index (χ2n) is 3.89. The Balaban J connectivity index is 2.44. The Morgan fingerprint density at radius 1 is 1.25 bits per heavy atom. The van der Waals surface area contributed by atoms with Gasteiger partial charge in [-0.15, -0.1) is 0 Å². The van der Waals surface area contributed by atoms with Gasteiger partial charge in [0.15, 0.2) is 0 Å². The molecule has 0 saturated carbocycles. The van der Waals surface area contributed by atoms with Crippen molar-refractivity contribution in [2.45, 2.75) is 25.7 Å². The molecule has 3 heteroatoms. The Morgan fingerprint density at radius 3 is 2.50 bits per heavy atom. The van der Waals surface area contributed by atoms with Crippen LogP contribution in [0.25, 0.3) is 0 Å². The minimum atomic E-state index is 0.370. The molecule has 1 aromatic carbocycles. The Morgan fingerprint density at radius 2 is 1.94 bits per heavy atom. The highest BCUT2D eigenvalue weighted by Gasteiger charge is 2.09. The van der Waals surface area contributed by atoms with Gasteiger partial charge in [-0.25, -0.2) is 0 Å². The molecule has 0 aliphatic carbocycles. The molecular weight excluding hydrogens is 222 g/mol. The predicted octanol–water partition coefficient (Wildman–Crippen LogP) is 3.20. The van der Waals surface area contributed by atoms with Gasteiger partial charge in [0.2, 0.25) is 0 Å². The summed E-state index contributed by atoms with van der Waals surface area (Å²) in [4.78, 5) is 0. The van der Waals surface area contributed by atoms with Crippen LogP contribution in [0.15, 0.2) is 24.3 Å². The van der Waals surface area contributed by atoms with Crippen LogP contribution in [0.5, 0.6) is 0 Å². The summed E-state index contributed by atoms with van der Waals surface area (Å²) in [6.45, 7) is 4.37. The average molecular weight is 242 g/mol. The topological polar surface area (TPSA) is 35.2 Å². The predicted molar refractivity (Wildman–Crippen MR) is 69.0 cm³/mol. The minimum absolute atomic E-state index is 0.370. The van der Waals surface area contributed by atoms with Crippen molar-refractivity contribution in [2.75, 3.05) is 19.8 Å². The molecule has 1 unspecified atom stereocenters. The molecule has 90 valence electrons. The second-order valence-corrected chi connectivity index (χ2v) is 4.32. The first-order valence-corrected chi connectivity index (χ1v) is 6.19. The standard InChI is InChI=1S/C13H20ClNO/c1-2-8-16-9-7-12(10-15)11-3-5-13(14)6-4-11/h3-6,12H,2,7-10,15H2,1H3. The number of nitrogens with two attached hydrogens (primary N) is 1. The summed E-state index contributed by atoms with van der Waals surface area (Å²) in [7, 11) is 0. The fourth-order valence-corrected chi connectivity index (χ4v) is 1.75. The lowest BCUT2D eigenvalue weighted by molar-refractivity contribution is 0.128. The molecule has 0 fully saturated rings. The van der Waals surface area contributed by atoms with Crippen molar-refractivity contribution in [1.29, 1.82) is 0 Å². The normalized spacial score (nSPS) is 12.7. The fraction of sp³-hybridized carbons (Fsp3) is 0.538. The maximum absolute atomic E-state index is 5.85. The van der Waals surface area contributed by atoms with Gasteiger partial charge in [0.05, 0.1) is 0 Å². The first-order chi connectivity index (χ1) is 7.77. The quantitative estimate of drug-likeness (QED) is 0.744. The van der Waals surface area contributed by atoms with Gasteiger partial charge in [-0.05, 0) is 43.0 Å². The van der Waals surface area contributed by atoms with Crippen LogP contribution < -0.4 is 5.73 Å². The van der Waals surface area contributed by atoms with E-state index in [0.29, 0.717) is 12.5 Å². The third kappa shape index (κ3) is 4.52. The van der Waals surface area contributed by atoms with Gasteiger partial charge < -0.3 is 10.5 Å². The summed E-state index contributed by atoms with van der Waals surface area (Å²) in [6.07, 6.45) is 2.03. The van der Waals surface area contributed by atoms with Gasteiger partial charge >= 0.3 is 0 Å². The molecular formula is C13H20ClNO. The first-order valence-electron chi connectivity index (χ1n) is 5.81. The van der Waals surface area contributed by atoms with E-state index < -0.39 is 0 Å². The Hall–Kier alpha value is -0.570. The molecule has 1 rings (SSSR count). The Bertz CT molecular complexity index is 286. The van der Waals surface area contributed by atoms with Crippen LogP contribution in [0, 0.1) is 0 Å². The van der Waals surface area contributed by atoms with Crippen LogP contribution in [-0.2, 0) is 4.74 Å². The van der Waals surface area contributed by atoms with Crippen LogP contribution in [-0.4, -0.2) is 19.8 Å². The molecule has 0 aliphatic rings. The molecule has 2 nitrogen and oxygen atoms in total. The molecule has 0 saturated heterocycles. The largest absolute Gasteiger partial charge is 0.381 e. The SMILES string of the molecule is CCCOCCC(CN)c1ccc(Cl)cc1. The van der Waals surface area contributed by atoms with Crippen LogP contribution in [0.3, 0.4) is 0 Å². The van der Waals surface area contributed by atoms with Gasteiger partial charge in [-0.1, -0.05) is 30.7 Å². The number of hydrogen-bond donors (Lipinski definition) is 1. The zero-order valence-corrected chi connectivity index (χ0v) is 10.5. The van der Waals surface area contributed by atoms with E-state index in [2.05, 4.69) is 6.92 Å². The third-order valence-electron chi connectivity index (χ3n) is 2.59. The monoisotopic (exact) mass is 241 g/mol. The molecule has 0 aromatic heterocycles. The van der Waals surface area contributed by atoms with E-state index >= 15 is 0 Å². The van der Waals surface area contributed by atoms with Crippen molar-refractivity contribution in [3.8, 4) is 0 Å². The maximum Gasteiger partial charge on any atom is 0.0472 e. The van der Waals surface area contributed by atoms with E-state index in [4.69, 9.17) is 22.1 Å². The zero-order chi connectivity index (χ0) is 11.8. The lowest BCUT2D eigenvalue weighted by Crippen LogP contribution is -2.14. The smallest absolute Gasteiger partial charge is 0.0472 e. The van der Waals surface area contributed by atoms with E-state index in [9.17, 15) is 0 Å².